The highest BCUT2D eigenvalue weighted by atomic mass is 16.5. The minimum absolute atomic E-state index is 0.0310. The van der Waals surface area contributed by atoms with Crippen LogP contribution in [0.3, 0.4) is 0 Å². The Bertz CT molecular complexity index is 410. The Labute approximate surface area is 101 Å². The fourth-order valence-corrected chi connectivity index (χ4v) is 2.11. The number of furan rings is 1. The number of ether oxygens (including phenoxy) is 1. The highest BCUT2D eigenvalue weighted by Crippen LogP contribution is 2.23. The first kappa shape index (κ1) is 12.1. The van der Waals surface area contributed by atoms with E-state index in [-0.39, 0.29) is 12.1 Å². The Morgan fingerprint density at radius 1 is 1.65 bits per heavy atom. The summed E-state index contributed by atoms with van der Waals surface area (Å²) in [5, 5.41) is 8.88. The molecule has 0 saturated carbocycles. The molecule has 1 saturated heterocycles. The molecule has 0 aromatic carbocycles. The zero-order valence-corrected chi connectivity index (χ0v) is 9.93. The van der Waals surface area contributed by atoms with Crippen LogP contribution in [0.1, 0.15) is 17.6 Å². The van der Waals surface area contributed by atoms with Crippen molar-refractivity contribution in [3.8, 4) is 6.07 Å². The smallest absolute Gasteiger partial charge is 0.156 e. The summed E-state index contributed by atoms with van der Waals surface area (Å²) >= 11 is 0. The Balaban J connectivity index is 2.10. The number of nitrogens with two attached hydrogens (primary N) is 1. The average molecular weight is 235 g/mol. The fraction of sp³-hybridized carbons (Fsp3) is 0.583. The summed E-state index contributed by atoms with van der Waals surface area (Å²) in [6.45, 7) is 4.31. The van der Waals surface area contributed by atoms with Crippen LogP contribution in [0.15, 0.2) is 16.5 Å². The van der Waals surface area contributed by atoms with E-state index in [0.717, 1.165) is 18.1 Å². The summed E-state index contributed by atoms with van der Waals surface area (Å²) in [7, 11) is 0. The van der Waals surface area contributed by atoms with E-state index in [1.54, 1.807) is 0 Å². The fourth-order valence-electron chi connectivity index (χ4n) is 2.11. The van der Waals surface area contributed by atoms with E-state index in [0.29, 0.717) is 19.7 Å². The van der Waals surface area contributed by atoms with Gasteiger partial charge in [-0.2, -0.15) is 5.26 Å². The number of hydrogen-bond donors (Lipinski definition) is 1. The van der Waals surface area contributed by atoms with Gasteiger partial charge in [0.2, 0.25) is 0 Å². The molecular formula is C12H17N3O2. The van der Waals surface area contributed by atoms with E-state index in [4.69, 9.17) is 20.1 Å². The third-order valence-corrected chi connectivity index (χ3v) is 3.00. The number of hydrogen-bond acceptors (Lipinski definition) is 5. The van der Waals surface area contributed by atoms with E-state index >= 15 is 0 Å². The number of nitriles is 1. The molecule has 92 valence electrons. The van der Waals surface area contributed by atoms with Crippen molar-refractivity contribution in [3.05, 3.63) is 23.7 Å². The molecule has 1 aromatic rings. The molecule has 2 heterocycles. The van der Waals surface area contributed by atoms with Crippen LogP contribution in [0.25, 0.3) is 0 Å². The molecule has 1 aromatic heterocycles. The topological polar surface area (TPSA) is 75.4 Å². The molecule has 0 spiro atoms. The van der Waals surface area contributed by atoms with Gasteiger partial charge in [0.15, 0.2) is 6.10 Å². The Hall–Kier alpha value is -1.35. The zero-order chi connectivity index (χ0) is 12.3. The van der Waals surface area contributed by atoms with E-state index in [1.807, 2.05) is 19.1 Å². The van der Waals surface area contributed by atoms with Crippen molar-refractivity contribution in [2.45, 2.75) is 19.1 Å². The molecule has 1 aliphatic heterocycles. The number of aryl methyl sites for hydroxylation is 1. The summed E-state index contributed by atoms with van der Waals surface area (Å²) in [6, 6.07) is 6.04. The molecular weight excluding hydrogens is 218 g/mol. The zero-order valence-electron chi connectivity index (χ0n) is 9.93. The van der Waals surface area contributed by atoms with Crippen LogP contribution in [0, 0.1) is 18.3 Å². The molecule has 2 unspecified atom stereocenters. The molecule has 0 aliphatic carbocycles. The minimum Gasteiger partial charge on any atom is -0.465 e. The third-order valence-electron chi connectivity index (χ3n) is 3.00. The maximum atomic E-state index is 8.88. The summed E-state index contributed by atoms with van der Waals surface area (Å²) < 4.78 is 10.9. The predicted octanol–water partition coefficient (Wildman–Crippen LogP) is 0.812. The van der Waals surface area contributed by atoms with E-state index in [2.05, 4.69) is 11.0 Å². The van der Waals surface area contributed by atoms with Crippen molar-refractivity contribution < 1.29 is 9.15 Å². The highest BCUT2D eigenvalue weighted by Gasteiger charge is 2.28. The van der Waals surface area contributed by atoms with Crippen LogP contribution in [-0.2, 0) is 4.74 Å². The van der Waals surface area contributed by atoms with Crippen LogP contribution in [0.5, 0.6) is 0 Å². The van der Waals surface area contributed by atoms with Gasteiger partial charge >= 0.3 is 0 Å². The van der Waals surface area contributed by atoms with Crippen molar-refractivity contribution in [3.63, 3.8) is 0 Å². The van der Waals surface area contributed by atoms with Gasteiger partial charge in [0.25, 0.3) is 0 Å². The molecule has 0 radical (unpaired) electrons. The van der Waals surface area contributed by atoms with Gasteiger partial charge in [-0.3, -0.25) is 4.90 Å². The first-order valence-electron chi connectivity index (χ1n) is 5.76. The van der Waals surface area contributed by atoms with Crippen molar-refractivity contribution in [1.29, 1.82) is 5.26 Å². The van der Waals surface area contributed by atoms with Crippen LogP contribution < -0.4 is 5.73 Å². The van der Waals surface area contributed by atoms with E-state index in [9.17, 15) is 0 Å². The first-order chi connectivity index (χ1) is 8.24. The Kier molecular flexibility index (Phi) is 3.79. The van der Waals surface area contributed by atoms with Crippen molar-refractivity contribution in [2.24, 2.45) is 5.73 Å². The van der Waals surface area contributed by atoms with Crippen molar-refractivity contribution in [1.82, 2.24) is 4.90 Å². The van der Waals surface area contributed by atoms with Gasteiger partial charge in [-0.1, -0.05) is 0 Å². The van der Waals surface area contributed by atoms with Gasteiger partial charge in [0.05, 0.1) is 18.7 Å². The normalized spacial score (nSPS) is 23.2. The maximum absolute atomic E-state index is 8.88. The number of rotatable bonds is 3. The number of morpholine rings is 1. The average Bonchev–Trinajstić information content (AvgIpc) is 2.77. The quantitative estimate of drug-likeness (QED) is 0.839. The lowest BCUT2D eigenvalue weighted by Gasteiger charge is -2.34. The third kappa shape index (κ3) is 2.67. The van der Waals surface area contributed by atoms with Gasteiger partial charge in [0, 0.05) is 19.6 Å². The highest BCUT2D eigenvalue weighted by molar-refractivity contribution is 5.11. The van der Waals surface area contributed by atoms with E-state index in [1.165, 1.54) is 0 Å². The monoisotopic (exact) mass is 235 g/mol. The molecule has 0 amide bonds. The molecule has 5 nitrogen and oxygen atoms in total. The molecule has 2 N–H and O–H groups in total. The minimum atomic E-state index is -0.367. The predicted molar refractivity (Wildman–Crippen MR) is 62.2 cm³/mol. The van der Waals surface area contributed by atoms with Crippen LogP contribution >= 0.6 is 0 Å². The summed E-state index contributed by atoms with van der Waals surface area (Å²) in [4.78, 5) is 2.15. The summed E-state index contributed by atoms with van der Waals surface area (Å²) in [6.07, 6.45) is -0.367. The first-order valence-corrected chi connectivity index (χ1v) is 5.76. The molecule has 5 heteroatoms. The Morgan fingerprint density at radius 2 is 2.47 bits per heavy atom. The standard InChI is InChI=1S/C12H17N3O2/c1-9-2-3-12(17-9)11(7-14)15-4-5-16-10(6-13)8-15/h2-3,10-11H,4-5,7-8,14H2,1H3. The van der Waals surface area contributed by atoms with Crippen molar-refractivity contribution >= 4 is 0 Å². The van der Waals surface area contributed by atoms with Crippen molar-refractivity contribution in [2.75, 3.05) is 26.2 Å². The van der Waals surface area contributed by atoms with Gasteiger partial charge in [0.1, 0.15) is 11.5 Å². The lowest BCUT2D eigenvalue weighted by Crippen LogP contribution is -2.45. The largest absolute Gasteiger partial charge is 0.465 e. The summed E-state index contributed by atoms with van der Waals surface area (Å²) in [5.41, 5.74) is 5.81. The van der Waals surface area contributed by atoms with Gasteiger partial charge < -0.3 is 14.9 Å². The molecule has 1 fully saturated rings. The SMILES string of the molecule is Cc1ccc(C(CN)N2CCOC(C#N)C2)o1. The maximum Gasteiger partial charge on any atom is 0.156 e. The lowest BCUT2D eigenvalue weighted by molar-refractivity contribution is -0.0195. The van der Waals surface area contributed by atoms with Crippen LogP contribution in [0.4, 0.5) is 0 Å². The van der Waals surface area contributed by atoms with Gasteiger partial charge in [-0.05, 0) is 19.1 Å². The van der Waals surface area contributed by atoms with Crippen LogP contribution in [-0.4, -0.2) is 37.2 Å². The molecule has 2 atom stereocenters. The molecule has 0 bridgehead atoms. The molecule has 17 heavy (non-hydrogen) atoms. The lowest BCUT2D eigenvalue weighted by atomic mass is 10.1. The second-order valence-corrected chi connectivity index (χ2v) is 4.18. The van der Waals surface area contributed by atoms with E-state index < -0.39 is 0 Å². The number of nitrogens with zero attached hydrogens (tertiary/aromatic N) is 2. The molecule has 1 aliphatic rings. The van der Waals surface area contributed by atoms with Crippen LogP contribution in [0.2, 0.25) is 0 Å². The summed E-state index contributed by atoms with van der Waals surface area (Å²) in [5.74, 6) is 1.74. The molecule has 2 rings (SSSR count). The Morgan fingerprint density at radius 3 is 3.06 bits per heavy atom. The second-order valence-electron chi connectivity index (χ2n) is 4.18. The second kappa shape index (κ2) is 5.32. The van der Waals surface area contributed by atoms with Gasteiger partial charge in [-0.15, -0.1) is 0 Å². The van der Waals surface area contributed by atoms with Gasteiger partial charge in [-0.25, -0.2) is 0 Å².